The number of likely N-dealkylation sites (tertiary alicyclic amines) is 1. The summed E-state index contributed by atoms with van der Waals surface area (Å²) in [4.78, 5) is 25.4. The number of hydrogen-bond acceptors (Lipinski definition) is 2. The van der Waals surface area contributed by atoms with Gasteiger partial charge in [-0.15, -0.1) is 0 Å². The monoisotopic (exact) mass is 448 g/mol. The SMILES string of the molecule is CC[N+]1(CC(=O)Cc2c(C)cccc2C)CCCC(C(=O)NC(C)C)C1.[Y]. The van der Waals surface area contributed by atoms with Crippen molar-refractivity contribution in [2.45, 2.75) is 59.9 Å². The molecule has 1 N–H and O–H groups in total. The van der Waals surface area contributed by atoms with E-state index in [4.69, 9.17) is 0 Å². The van der Waals surface area contributed by atoms with Crippen LogP contribution >= 0.6 is 0 Å². The van der Waals surface area contributed by atoms with Gasteiger partial charge in [-0.25, -0.2) is 0 Å². The van der Waals surface area contributed by atoms with E-state index in [0.717, 1.165) is 42.5 Å². The van der Waals surface area contributed by atoms with Crippen molar-refractivity contribution in [2.24, 2.45) is 5.92 Å². The number of ketones is 1. The fourth-order valence-corrected chi connectivity index (χ4v) is 4.24. The normalized spacial score (nSPS) is 22.2. The van der Waals surface area contributed by atoms with Crippen LogP contribution in [0.4, 0.5) is 0 Å². The molecular weight excluding hydrogens is 413 g/mol. The number of nitrogens with zero attached hydrogens (tertiary/aromatic N) is 1. The molecule has 2 unspecified atom stereocenters. The van der Waals surface area contributed by atoms with Gasteiger partial charge in [0.25, 0.3) is 0 Å². The second kappa shape index (κ2) is 10.8. The van der Waals surface area contributed by atoms with Crippen LogP contribution in [0.25, 0.3) is 0 Å². The zero-order chi connectivity index (χ0) is 19.3. The van der Waals surface area contributed by atoms with Gasteiger partial charge in [-0.1, -0.05) is 18.2 Å². The van der Waals surface area contributed by atoms with Crippen molar-refractivity contribution in [3.05, 3.63) is 34.9 Å². The number of quaternary nitrogens is 1. The smallest absolute Gasteiger partial charge is 0.229 e. The molecule has 1 aliphatic heterocycles. The Hall–Kier alpha value is -0.576. The van der Waals surface area contributed by atoms with E-state index in [-0.39, 0.29) is 56.4 Å². The Bertz CT molecular complexity index is 639. The number of likely N-dealkylation sites (N-methyl/N-ethyl adjacent to an activating group) is 1. The van der Waals surface area contributed by atoms with Crippen LogP contribution in [0.2, 0.25) is 0 Å². The van der Waals surface area contributed by atoms with E-state index in [1.807, 2.05) is 19.9 Å². The summed E-state index contributed by atoms with van der Waals surface area (Å²) in [6.07, 6.45) is 2.45. The van der Waals surface area contributed by atoms with Gasteiger partial charge in [0, 0.05) is 45.2 Å². The third-order valence-electron chi connectivity index (χ3n) is 5.80. The summed E-state index contributed by atoms with van der Waals surface area (Å²) < 4.78 is 0.750. The molecule has 0 aromatic heterocycles. The molecule has 27 heavy (non-hydrogen) atoms. The van der Waals surface area contributed by atoms with Crippen LogP contribution in [0.3, 0.4) is 0 Å². The molecule has 2 atom stereocenters. The van der Waals surface area contributed by atoms with Gasteiger partial charge >= 0.3 is 0 Å². The topological polar surface area (TPSA) is 46.2 Å². The van der Waals surface area contributed by atoms with Crippen molar-refractivity contribution in [1.82, 2.24) is 5.32 Å². The molecule has 1 fully saturated rings. The van der Waals surface area contributed by atoms with Crippen LogP contribution in [0.1, 0.15) is 50.3 Å². The minimum Gasteiger partial charge on any atom is -0.353 e. The number of hydrogen-bond donors (Lipinski definition) is 1. The first-order chi connectivity index (χ1) is 12.3. The van der Waals surface area contributed by atoms with Crippen molar-refractivity contribution in [2.75, 3.05) is 26.2 Å². The molecular formula is C22H35N2O2Y+. The van der Waals surface area contributed by atoms with Crippen LogP contribution in [0.5, 0.6) is 0 Å². The standard InChI is InChI=1S/C22H34N2O2.Y/c1-6-24(12-8-11-19(14-24)22(26)23-16(2)3)15-20(25)13-21-17(4)9-7-10-18(21)5;/h7,9-10,16,19H,6,8,11-15H2,1-5H3;/p+1. The molecule has 4 nitrogen and oxygen atoms in total. The van der Waals surface area contributed by atoms with Gasteiger partial charge < -0.3 is 9.80 Å². The van der Waals surface area contributed by atoms with Gasteiger partial charge in [0.1, 0.15) is 6.54 Å². The maximum Gasteiger partial charge on any atom is 0.229 e. The van der Waals surface area contributed by atoms with Gasteiger partial charge in [0.05, 0.1) is 25.6 Å². The van der Waals surface area contributed by atoms with Crippen molar-refractivity contribution in [3.63, 3.8) is 0 Å². The molecule has 1 aliphatic rings. The quantitative estimate of drug-likeness (QED) is 0.652. The average Bonchev–Trinajstić information content (AvgIpc) is 2.58. The zero-order valence-electron chi connectivity index (χ0n) is 17.7. The molecule has 1 aromatic carbocycles. The number of Topliss-reactive ketones (excluding diaryl/α,β-unsaturated/α-hetero) is 1. The fraction of sp³-hybridized carbons (Fsp3) is 0.636. The van der Waals surface area contributed by atoms with E-state index in [2.05, 4.69) is 38.2 Å². The molecule has 0 saturated carbocycles. The Labute approximate surface area is 189 Å². The van der Waals surface area contributed by atoms with E-state index >= 15 is 0 Å². The number of carbonyl (C=O) groups excluding carboxylic acids is 2. The van der Waals surface area contributed by atoms with E-state index in [1.165, 1.54) is 11.1 Å². The molecule has 1 aromatic rings. The molecule has 1 amide bonds. The number of piperidine rings is 1. The van der Waals surface area contributed by atoms with E-state index in [9.17, 15) is 9.59 Å². The van der Waals surface area contributed by atoms with Crippen LogP contribution < -0.4 is 5.32 Å². The summed E-state index contributed by atoms with van der Waals surface area (Å²) in [7, 11) is 0. The van der Waals surface area contributed by atoms with E-state index < -0.39 is 0 Å². The average molecular weight is 448 g/mol. The van der Waals surface area contributed by atoms with Crippen molar-refractivity contribution in [3.8, 4) is 0 Å². The second-order valence-electron chi connectivity index (χ2n) is 8.31. The number of aryl methyl sites for hydroxylation is 2. The van der Waals surface area contributed by atoms with Gasteiger partial charge in [-0.2, -0.15) is 0 Å². The summed E-state index contributed by atoms with van der Waals surface area (Å²) in [5.74, 6) is 0.464. The molecule has 1 saturated heterocycles. The van der Waals surface area contributed by atoms with Crippen LogP contribution in [0, 0.1) is 19.8 Å². The van der Waals surface area contributed by atoms with Crippen LogP contribution in [-0.4, -0.2) is 48.4 Å². The summed E-state index contributed by atoms with van der Waals surface area (Å²) in [5, 5.41) is 3.05. The summed E-state index contributed by atoms with van der Waals surface area (Å²) in [6.45, 7) is 13.5. The maximum atomic E-state index is 12.9. The first-order valence-corrected chi connectivity index (χ1v) is 9.98. The van der Waals surface area contributed by atoms with Crippen LogP contribution in [0.15, 0.2) is 18.2 Å². The first kappa shape index (κ1) is 24.5. The predicted octanol–water partition coefficient (Wildman–Crippen LogP) is 3.18. The summed E-state index contributed by atoms with van der Waals surface area (Å²) in [6, 6.07) is 6.36. The molecule has 0 bridgehead atoms. The number of carbonyl (C=O) groups is 2. The third-order valence-corrected chi connectivity index (χ3v) is 5.80. The molecule has 5 heteroatoms. The summed E-state index contributed by atoms with van der Waals surface area (Å²) in [5.41, 5.74) is 3.54. The maximum absolute atomic E-state index is 12.9. The number of amides is 1. The summed E-state index contributed by atoms with van der Waals surface area (Å²) >= 11 is 0. The number of benzene rings is 1. The third kappa shape index (κ3) is 6.76. The largest absolute Gasteiger partial charge is 0.353 e. The van der Waals surface area contributed by atoms with Gasteiger partial charge in [-0.05, 0) is 64.2 Å². The first-order valence-electron chi connectivity index (χ1n) is 9.98. The molecule has 0 aliphatic carbocycles. The van der Waals surface area contributed by atoms with Crippen LogP contribution in [-0.2, 0) is 48.7 Å². The van der Waals surface area contributed by atoms with Crippen molar-refractivity contribution in [1.29, 1.82) is 0 Å². The molecule has 0 spiro atoms. The minimum atomic E-state index is 0. The number of rotatable bonds is 7. The minimum absolute atomic E-state index is 0. The Morgan fingerprint density at radius 1 is 1.22 bits per heavy atom. The predicted molar refractivity (Wildman–Crippen MR) is 106 cm³/mol. The molecule has 147 valence electrons. The second-order valence-corrected chi connectivity index (χ2v) is 8.31. The Balaban J connectivity index is 0.00000364. The van der Waals surface area contributed by atoms with E-state index in [0.29, 0.717) is 13.0 Å². The Kier molecular flexibility index (Phi) is 9.81. The number of nitrogens with one attached hydrogen (secondary N) is 1. The molecule has 2 rings (SSSR count). The zero-order valence-corrected chi connectivity index (χ0v) is 20.5. The van der Waals surface area contributed by atoms with Gasteiger partial charge in [0.15, 0.2) is 5.78 Å². The fourth-order valence-electron chi connectivity index (χ4n) is 4.24. The van der Waals surface area contributed by atoms with Crippen molar-refractivity contribution < 1.29 is 46.8 Å². The molecule has 1 heterocycles. The van der Waals surface area contributed by atoms with E-state index in [1.54, 1.807) is 0 Å². The Morgan fingerprint density at radius 3 is 2.41 bits per heavy atom. The van der Waals surface area contributed by atoms with Crippen molar-refractivity contribution >= 4 is 11.7 Å². The Morgan fingerprint density at radius 2 is 1.85 bits per heavy atom. The van der Waals surface area contributed by atoms with Gasteiger partial charge in [0.2, 0.25) is 5.91 Å². The molecule has 1 radical (unpaired) electrons. The van der Waals surface area contributed by atoms with Gasteiger partial charge in [-0.3, -0.25) is 9.59 Å².